The highest BCUT2D eigenvalue weighted by Crippen LogP contribution is 2.21. The first kappa shape index (κ1) is 17.1. The van der Waals surface area contributed by atoms with Gasteiger partial charge in [-0.05, 0) is 36.5 Å². The van der Waals surface area contributed by atoms with E-state index in [2.05, 4.69) is 18.6 Å². The summed E-state index contributed by atoms with van der Waals surface area (Å²) in [6, 6.07) is 7.04. The van der Waals surface area contributed by atoms with Crippen LogP contribution < -0.4 is 10.5 Å². The molecule has 1 rings (SSSR count). The number of nitrogens with one attached hydrogen (secondary N) is 1. The first-order valence-corrected chi connectivity index (χ1v) is 8.62. The predicted octanol–water partition coefficient (Wildman–Crippen LogP) is 2.61. The lowest BCUT2D eigenvalue weighted by molar-refractivity contribution is 0.363. The van der Waals surface area contributed by atoms with Gasteiger partial charge in [-0.3, -0.25) is 0 Å². The van der Waals surface area contributed by atoms with Crippen molar-refractivity contribution in [2.45, 2.75) is 56.9 Å². The number of nitrogens with two attached hydrogens (primary N) is 1. The van der Waals surface area contributed by atoms with E-state index in [-0.39, 0.29) is 0 Å². The van der Waals surface area contributed by atoms with Gasteiger partial charge in [-0.1, -0.05) is 39.8 Å². The first-order chi connectivity index (χ1) is 9.30. The molecular formula is C15H26N2O2S. The molecule has 0 bridgehead atoms. The van der Waals surface area contributed by atoms with Gasteiger partial charge in [0.2, 0.25) is 10.0 Å². The average molecular weight is 298 g/mol. The molecule has 20 heavy (non-hydrogen) atoms. The molecule has 3 N–H and O–H groups in total. The monoisotopic (exact) mass is 298 g/mol. The zero-order chi connectivity index (χ0) is 15.4. The summed E-state index contributed by atoms with van der Waals surface area (Å²) in [6.45, 7) is 8.34. The molecule has 0 fully saturated rings. The highest BCUT2D eigenvalue weighted by Gasteiger charge is 2.30. The average Bonchev–Trinajstić information content (AvgIpc) is 2.45. The van der Waals surface area contributed by atoms with E-state index >= 15 is 0 Å². The van der Waals surface area contributed by atoms with Crippen molar-refractivity contribution in [2.24, 2.45) is 5.73 Å². The molecule has 1 aromatic carbocycles. The van der Waals surface area contributed by atoms with E-state index in [0.717, 1.165) is 5.56 Å². The molecule has 0 atom stereocenters. The largest absolute Gasteiger partial charge is 0.329 e. The van der Waals surface area contributed by atoms with Gasteiger partial charge in [-0.15, -0.1) is 0 Å². The topological polar surface area (TPSA) is 72.2 Å². The molecule has 5 heteroatoms. The Morgan fingerprint density at radius 1 is 1.15 bits per heavy atom. The number of sulfonamides is 1. The van der Waals surface area contributed by atoms with E-state index in [9.17, 15) is 8.42 Å². The van der Waals surface area contributed by atoms with Crippen molar-refractivity contribution in [3.63, 3.8) is 0 Å². The summed E-state index contributed by atoms with van der Waals surface area (Å²) in [5.41, 5.74) is 6.32. The van der Waals surface area contributed by atoms with Crippen LogP contribution in [-0.4, -0.2) is 20.5 Å². The van der Waals surface area contributed by atoms with Crippen molar-refractivity contribution in [2.75, 3.05) is 6.54 Å². The van der Waals surface area contributed by atoms with E-state index in [1.807, 2.05) is 26.0 Å². The standard InChI is InChI=1S/C15H26N2O2S/c1-5-15(6-2,11-16)17-20(18,19)14-9-7-13(8-10-14)12(3)4/h7-10,12,17H,5-6,11,16H2,1-4H3. The van der Waals surface area contributed by atoms with Gasteiger partial charge in [-0.2, -0.15) is 0 Å². The molecule has 0 radical (unpaired) electrons. The third-order valence-electron chi connectivity index (χ3n) is 3.95. The maximum absolute atomic E-state index is 12.4. The van der Waals surface area contributed by atoms with Crippen LogP contribution in [0.3, 0.4) is 0 Å². The molecule has 1 aromatic rings. The maximum atomic E-state index is 12.4. The fourth-order valence-corrected chi connectivity index (χ4v) is 3.65. The van der Waals surface area contributed by atoms with E-state index in [1.54, 1.807) is 12.1 Å². The second-order valence-electron chi connectivity index (χ2n) is 5.52. The van der Waals surface area contributed by atoms with Crippen molar-refractivity contribution in [3.05, 3.63) is 29.8 Å². The molecule has 0 spiro atoms. The zero-order valence-corrected chi connectivity index (χ0v) is 13.6. The van der Waals surface area contributed by atoms with Crippen LogP contribution in [0.1, 0.15) is 52.0 Å². The molecule has 0 aliphatic carbocycles. The van der Waals surface area contributed by atoms with Gasteiger partial charge in [0.05, 0.1) is 4.90 Å². The molecule has 0 aliphatic heterocycles. The second kappa shape index (κ2) is 6.70. The Labute approximate surface area is 122 Å². The van der Waals surface area contributed by atoms with Crippen LogP contribution in [0, 0.1) is 0 Å². The van der Waals surface area contributed by atoms with Gasteiger partial charge in [-0.25, -0.2) is 13.1 Å². The Bertz CT molecular complexity index is 509. The first-order valence-electron chi connectivity index (χ1n) is 7.14. The van der Waals surface area contributed by atoms with Crippen LogP contribution in [0.4, 0.5) is 0 Å². The Hall–Kier alpha value is -0.910. The third kappa shape index (κ3) is 3.81. The Morgan fingerprint density at radius 2 is 1.65 bits per heavy atom. The molecule has 114 valence electrons. The summed E-state index contributed by atoms with van der Waals surface area (Å²) in [6.07, 6.45) is 1.34. The second-order valence-corrected chi connectivity index (χ2v) is 7.20. The van der Waals surface area contributed by atoms with Crippen molar-refractivity contribution < 1.29 is 8.42 Å². The summed E-state index contributed by atoms with van der Waals surface area (Å²) < 4.78 is 27.6. The highest BCUT2D eigenvalue weighted by molar-refractivity contribution is 7.89. The summed E-state index contributed by atoms with van der Waals surface area (Å²) in [5.74, 6) is 0.383. The van der Waals surface area contributed by atoms with Crippen molar-refractivity contribution in [1.29, 1.82) is 0 Å². The molecule has 0 aromatic heterocycles. The minimum atomic E-state index is -3.53. The van der Waals surface area contributed by atoms with Crippen LogP contribution in [0.25, 0.3) is 0 Å². The molecule has 0 amide bonds. The minimum absolute atomic E-state index is 0.293. The molecule has 0 aliphatic rings. The molecule has 0 heterocycles. The summed E-state index contributed by atoms with van der Waals surface area (Å²) in [7, 11) is -3.53. The van der Waals surface area contributed by atoms with Gasteiger partial charge in [0, 0.05) is 12.1 Å². The Kier molecular flexibility index (Phi) is 5.74. The van der Waals surface area contributed by atoms with Gasteiger partial charge in [0.15, 0.2) is 0 Å². The number of hydrogen-bond acceptors (Lipinski definition) is 3. The zero-order valence-electron chi connectivity index (χ0n) is 12.8. The smallest absolute Gasteiger partial charge is 0.241 e. The van der Waals surface area contributed by atoms with Crippen LogP contribution in [0.5, 0.6) is 0 Å². The van der Waals surface area contributed by atoms with Crippen molar-refractivity contribution in [1.82, 2.24) is 4.72 Å². The lowest BCUT2D eigenvalue weighted by Crippen LogP contribution is -2.52. The van der Waals surface area contributed by atoms with E-state index < -0.39 is 15.6 Å². The van der Waals surface area contributed by atoms with Crippen molar-refractivity contribution >= 4 is 10.0 Å². The maximum Gasteiger partial charge on any atom is 0.241 e. The fourth-order valence-electron chi connectivity index (χ4n) is 2.10. The van der Waals surface area contributed by atoms with E-state index in [0.29, 0.717) is 30.2 Å². The van der Waals surface area contributed by atoms with Crippen LogP contribution in [0.15, 0.2) is 29.2 Å². The van der Waals surface area contributed by atoms with E-state index in [4.69, 9.17) is 5.73 Å². The van der Waals surface area contributed by atoms with Gasteiger partial charge >= 0.3 is 0 Å². The quantitative estimate of drug-likeness (QED) is 0.812. The normalized spacial score (nSPS) is 12.9. The fraction of sp³-hybridized carbons (Fsp3) is 0.600. The lowest BCUT2D eigenvalue weighted by Gasteiger charge is -2.31. The summed E-state index contributed by atoms with van der Waals surface area (Å²) in [4.78, 5) is 0.293. The van der Waals surface area contributed by atoms with Crippen LogP contribution >= 0.6 is 0 Å². The van der Waals surface area contributed by atoms with Gasteiger partial charge in [0.1, 0.15) is 0 Å². The van der Waals surface area contributed by atoms with E-state index in [1.165, 1.54) is 0 Å². The van der Waals surface area contributed by atoms with Crippen LogP contribution in [-0.2, 0) is 10.0 Å². The molecular weight excluding hydrogens is 272 g/mol. The van der Waals surface area contributed by atoms with Gasteiger partial charge < -0.3 is 5.73 Å². The lowest BCUT2D eigenvalue weighted by atomic mass is 9.95. The molecule has 0 unspecified atom stereocenters. The Morgan fingerprint density at radius 3 is 2.00 bits per heavy atom. The molecule has 0 saturated carbocycles. The Balaban J connectivity index is 3.04. The molecule has 0 saturated heterocycles. The highest BCUT2D eigenvalue weighted by atomic mass is 32.2. The number of hydrogen-bond donors (Lipinski definition) is 2. The third-order valence-corrected chi connectivity index (χ3v) is 5.55. The molecule has 4 nitrogen and oxygen atoms in total. The van der Waals surface area contributed by atoms with Crippen LogP contribution in [0.2, 0.25) is 0 Å². The van der Waals surface area contributed by atoms with Gasteiger partial charge in [0.25, 0.3) is 0 Å². The number of benzene rings is 1. The number of rotatable bonds is 7. The SMILES string of the molecule is CCC(CC)(CN)NS(=O)(=O)c1ccc(C(C)C)cc1. The predicted molar refractivity (Wildman–Crippen MR) is 83.2 cm³/mol. The summed E-state index contributed by atoms with van der Waals surface area (Å²) >= 11 is 0. The summed E-state index contributed by atoms with van der Waals surface area (Å²) in [5, 5.41) is 0. The van der Waals surface area contributed by atoms with Crippen molar-refractivity contribution in [3.8, 4) is 0 Å². The minimum Gasteiger partial charge on any atom is -0.329 e.